The summed E-state index contributed by atoms with van der Waals surface area (Å²) in [5, 5.41) is 7.87. The van der Waals surface area contributed by atoms with Crippen LogP contribution in [0.15, 0.2) is 48.9 Å². The summed E-state index contributed by atoms with van der Waals surface area (Å²) in [7, 11) is 0. The van der Waals surface area contributed by atoms with Crippen LogP contribution >= 0.6 is 0 Å². The molecule has 3 aromatic heterocycles. The van der Waals surface area contributed by atoms with Gasteiger partial charge in [0.05, 0.1) is 18.4 Å². The minimum Gasteiger partial charge on any atom is -0.259 e. The fourth-order valence-electron chi connectivity index (χ4n) is 1.88. The zero-order valence-corrected chi connectivity index (χ0v) is 11.2. The molecule has 0 saturated carbocycles. The van der Waals surface area contributed by atoms with Gasteiger partial charge in [-0.05, 0) is 24.3 Å². The molecule has 0 fully saturated rings. The summed E-state index contributed by atoms with van der Waals surface area (Å²) in [6.07, 6.45) is -0.00102. The molecule has 0 atom stereocenters. The van der Waals surface area contributed by atoms with E-state index in [0.29, 0.717) is 17.8 Å². The summed E-state index contributed by atoms with van der Waals surface area (Å²) < 4.78 is 39.0. The van der Waals surface area contributed by atoms with Gasteiger partial charge in [0, 0.05) is 18.0 Å². The summed E-state index contributed by atoms with van der Waals surface area (Å²) in [5.74, 6) is 0. The molecule has 3 aromatic rings. The fourth-order valence-corrected chi connectivity index (χ4v) is 1.88. The van der Waals surface area contributed by atoms with Crippen LogP contribution in [0.2, 0.25) is 0 Å². The molecular weight excluding hydrogens is 295 g/mol. The van der Waals surface area contributed by atoms with Gasteiger partial charge in [0.15, 0.2) is 0 Å². The molecule has 0 aliphatic carbocycles. The van der Waals surface area contributed by atoms with E-state index in [4.69, 9.17) is 0 Å². The van der Waals surface area contributed by atoms with E-state index in [2.05, 4.69) is 20.3 Å². The lowest BCUT2D eigenvalue weighted by atomic mass is 10.2. The molecule has 5 nitrogen and oxygen atoms in total. The molecule has 0 aromatic carbocycles. The Kier molecular flexibility index (Phi) is 3.58. The van der Waals surface area contributed by atoms with Crippen molar-refractivity contribution in [2.24, 2.45) is 0 Å². The van der Waals surface area contributed by atoms with Crippen LogP contribution in [0.3, 0.4) is 0 Å². The molecule has 0 bridgehead atoms. The molecule has 3 rings (SSSR count). The lowest BCUT2D eigenvalue weighted by molar-refractivity contribution is -0.141. The van der Waals surface area contributed by atoms with Gasteiger partial charge in [-0.3, -0.25) is 9.97 Å². The number of alkyl halides is 3. The predicted molar refractivity (Wildman–Crippen MR) is 71.6 cm³/mol. The molecule has 0 unspecified atom stereocenters. The average Bonchev–Trinajstić information content (AvgIpc) is 2.96. The number of hydrogen-bond acceptors (Lipinski definition) is 4. The zero-order chi connectivity index (χ0) is 15.6. The summed E-state index contributed by atoms with van der Waals surface area (Å²) >= 11 is 0. The molecule has 0 aliphatic heterocycles. The van der Waals surface area contributed by atoms with Gasteiger partial charge < -0.3 is 0 Å². The van der Waals surface area contributed by atoms with Gasteiger partial charge in [0.1, 0.15) is 11.4 Å². The van der Waals surface area contributed by atoms with Crippen LogP contribution in [0, 0.1) is 0 Å². The maximum absolute atomic E-state index is 12.5. The number of aromatic nitrogens is 5. The third-order valence-electron chi connectivity index (χ3n) is 2.94. The molecule has 0 radical (unpaired) electrons. The van der Waals surface area contributed by atoms with Gasteiger partial charge in [-0.2, -0.15) is 13.2 Å². The van der Waals surface area contributed by atoms with Crippen molar-refractivity contribution in [3.05, 3.63) is 60.3 Å². The van der Waals surface area contributed by atoms with Crippen LogP contribution in [0.5, 0.6) is 0 Å². The second-order valence-corrected chi connectivity index (χ2v) is 4.55. The van der Waals surface area contributed by atoms with Gasteiger partial charge in [0.25, 0.3) is 0 Å². The topological polar surface area (TPSA) is 56.5 Å². The highest BCUT2D eigenvalue weighted by atomic mass is 19.4. The highest BCUT2D eigenvalue weighted by Gasteiger charge is 2.32. The third kappa shape index (κ3) is 3.11. The van der Waals surface area contributed by atoms with Crippen LogP contribution in [0.1, 0.15) is 11.4 Å². The average molecular weight is 305 g/mol. The summed E-state index contributed by atoms with van der Waals surface area (Å²) in [4.78, 5) is 7.57. The third-order valence-corrected chi connectivity index (χ3v) is 2.94. The molecule has 112 valence electrons. The highest BCUT2D eigenvalue weighted by molar-refractivity contribution is 5.56. The molecule has 22 heavy (non-hydrogen) atoms. The standard InChI is InChI=1S/C14H10F3N5/c15-14(16,17)13-5-4-10(7-19-13)12-9-22(21-20-12)8-11-3-1-2-6-18-11/h1-7,9H,8H2. The Bertz CT molecular complexity index is 750. The van der Waals surface area contributed by atoms with E-state index in [1.807, 2.05) is 18.2 Å². The molecule has 0 spiro atoms. The van der Waals surface area contributed by atoms with Gasteiger partial charge >= 0.3 is 6.18 Å². The predicted octanol–water partition coefficient (Wildman–Crippen LogP) is 2.80. The number of halogens is 3. The van der Waals surface area contributed by atoms with Crippen LogP contribution in [-0.2, 0) is 12.7 Å². The van der Waals surface area contributed by atoms with E-state index in [0.717, 1.165) is 18.0 Å². The van der Waals surface area contributed by atoms with E-state index >= 15 is 0 Å². The normalized spacial score (nSPS) is 11.6. The van der Waals surface area contributed by atoms with E-state index < -0.39 is 11.9 Å². The maximum Gasteiger partial charge on any atom is 0.433 e. The van der Waals surface area contributed by atoms with Crippen molar-refractivity contribution >= 4 is 0 Å². The van der Waals surface area contributed by atoms with Crippen LogP contribution < -0.4 is 0 Å². The molecule has 0 saturated heterocycles. The molecule has 8 heteroatoms. The Morgan fingerprint density at radius 1 is 1.05 bits per heavy atom. The smallest absolute Gasteiger partial charge is 0.259 e. The summed E-state index contributed by atoms with van der Waals surface area (Å²) in [6, 6.07) is 7.77. The lowest BCUT2D eigenvalue weighted by Crippen LogP contribution is -2.07. The number of pyridine rings is 2. The van der Waals surface area contributed by atoms with Crippen molar-refractivity contribution in [3.8, 4) is 11.3 Å². The van der Waals surface area contributed by atoms with E-state index in [1.165, 1.54) is 6.07 Å². The first kappa shape index (κ1) is 14.2. The second kappa shape index (κ2) is 5.55. The van der Waals surface area contributed by atoms with Gasteiger partial charge in [-0.25, -0.2) is 4.68 Å². The largest absolute Gasteiger partial charge is 0.433 e. The first-order valence-electron chi connectivity index (χ1n) is 6.36. The maximum atomic E-state index is 12.5. The first-order chi connectivity index (χ1) is 10.5. The Balaban J connectivity index is 1.79. The van der Waals surface area contributed by atoms with E-state index in [9.17, 15) is 13.2 Å². The highest BCUT2D eigenvalue weighted by Crippen LogP contribution is 2.28. The van der Waals surface area contributed by atoms with E-state index in [1.54, 1.807) is 17.1 Å². The lowest BCUT2D eigenvalue weighted by Gasteiger charge is -2.05. The van der Waals surface area contributed by atoms with Crippen molar-refractivity contribution in [1.82, 2.24) is 25.0 Å². The number of rotatable bonds is 3. The monoisotopic (exact) mass is 305 g/mol. The quantitative estimate of drug-likeness (QED) is 0.746. The van der Waals surface area contributed by atoms with E-state index in [-0.39, 0.29) is 0 Å². The van der Waals surface area contributed by atoms with Crippen molar-refractivity contribution in [2.75, 3.05) is 0 Å². The van der Waals surface area contributed by atoms with Crippen LogP contribution in [0.25, 0.3) is 11.3 Å². The van der Waals surface area contributed by atoms with Crippen molar-refractivity contribution in [3.63, 3.8) is 0 Å². The second-order valence-electron chi connectivity index (χ2n) is 4.55. The molecule has 0 N–H and O–H groups in total. The minimum absolute atomic E-state index is 0.432. The van der Waals surface area contributed by atoms with Gasteiger partial charge in [0.2, 0.25) is 0 Å². The van der Waals surface area contributed by atoms with Crippen molar-refractivity contribution in [2.45, 2.75) is 12.7 Å². The Labute approximate surface area is 123 Å². The van der Waals surface area contributed by atoms with Gasteiger partial charge in [-0.15, -0.1) is 5.10 Å². The fraction of sp³-hybridized carbons (Fsp3) is 0.143. The minimum atomic E-state index is -4.45. The number of hydrogen-bond donors (Lipinski definition) is 0. The van der Waals surface area contributed by atoms with Crippen molar-refractivity contribution < 1.29 is 13.2 Å². The van der Waals surface area contributed by atoms with Crippen LogP contribution in [0.4, 0.5) is 13.2 Å². The summed E-state index contributed by atoms with van der Waals surface area (Å²) in [6.45, 7) is 0.432. The van der Waals surface area contributed by atoms with Gasteiger partial charge in [-0.1, -0.05) is 11.3 Å². The molecule has 3 heterocycles. The summed E-state index contributed by atoms with van der Waals surface area (Å²) in [5.41, 5.74) is 0.805. The van der Waals surface area contributed by atoms with Crippen LogP contribution in [-0.4, -0.2) is 25.0 Å². The Morgan fingerprint density at radius 3 is 2.55 bits per heavy atom. The molecule has 0 amide bonds. The van der Waals surface area contributed by atoms with Crippen molar-refractivity contribution in [1.29, 1.82) is 0 Å². The SMILES string of the molecule is FC(F)(F)c1ccc(-c2cn(Cc3ccccn3)nn2)cn1. The number of nitrogens with zero attached hydrogens (tertiary/aromatic N) is 5. The first-order valence-corrected chi connectivity index (χ1v) is 6.36. The molecule has 0 aliphatic rings. The zero-order valence-electron chi connectivity index (χ0n) is 11.2. The Morgan fingerprint density at radius 2 is 1.91 bits per heavy atom. The molecular formula is C14H10F3N5. The Hall–Kier alpha value is -2.77.